The quantitative estimate of drug-likeness (QED) is 0.646. The second kappa shape index (κ2) is 8.99. The number of aliphatic imine (C=N–C) groups is 1. The summed E-state index contributed by atoms with van der Waals surface area (Å²) in [5.74, 6) is 0.523. The molecule has 186 valence electrons. The van der Waals surface area contributed by atoms with E-state index in [1.165, 1.54) is 5.56 Å². The van der Waals surface area contributed by atoms with Crippen LogP contribution >= 0.6 is 0 Å². The maximum Gasteiger partial charge on any atom is 0.325 e. The molecule has 3 fully saturated rings. The highest BCUT2D eigenvalue weighted by Crippen LogP contribution is 2.50. The van der Waals surface area contributed by atoms with Gasteiger partial charge in [-0.05, 0) is 64.6 Å². The van der Waals surface area contributed by atoms with Crippen molar-refractivity contribution in [1.29, 1.82) is 0 Å². The van der Waals surface area contributed by atoms with E-state index in [0.29, 0.717) is 24.6 Å². The Morgan fingerprint density at radius 2 is 1.71 bits per heavy atom. The molecule has 1 N–H and O–H groups in total. The summed E-state index contributed by atoms with van der Waals surface area (Å²) in [7, 11) is 6.00. The first-order valence-electron chi connectivity index (χ1n) is 12.6. The van der Waals surface area contributed by atoms with Crippen molar-refractivity contribution in [1.82, 2.24) is 19.8 Å². The van der Waals surface area contributed by atoms with Crippen molar-refractivity contribution in [2.45, 2.75) is 61.6 Å². The summed E-state index contributed by atoms with van der Waals surface area (Å²) in [4.78, 5) is 32.7. The maximum atomic E-state index is 13.8. The summed E-state index contributed by atoms with van der Waals surface area (Å²) in [6.45, 7) is 0.981. The average molecular weight is 477 g/mol. The van der Waals surface area contributed by atoms with Gasteiger partial charge in [0, 0.05) is 12.6 Å². The van der Waals surface area contributed by atoms with Crippen LogP contribution in [0.2, 0.25) is 0 Å². The second-order valence-corrected chi connectivity index (χ2v) is 10.7. The van der Waals surface area contributed by atoms with Gasteiger partial charge in [-0.1, -0.05) is 30.3 Å². The Morgan fingerprint density at radius 1 is 1.06 bits per heavy atom. The minimum Gasteiger partial charge on any atom is -0.388 e. The number of hydrogen-bond acceptors (Lipinski definition) is 6. The molecule has 35 heavy (non-hydrogen) atoms. The number of carbonyl (C=O) groups is 1. The molecule has 1 saturated heterocycles. The molecular weight excluding hydrogens is 440 g/mol. The SMILES string of the molecule is C/N=C\c1ncc(N2C[C@]3(CC[C@](c4ccccc4)(N(C)C)CC3)N(CC3(O)CCC3)C2=O)cn1. The van der Waals surface area contributed by atoms with E-state index >= 15 is 0 Å². The van der Waals surface area contributed by atoms with Crippen LogP contribution in [0.15, 0.2) is 47.7 Å². The molecule has 2 amide bonds. The van der Waals surface area contributed by atoms with Gasteiger partial charge in [0.1, 0.15) is 0 Å². The standard InChI is InChI=1S/C27H36N6O2/c1-28-18-23-29-16-22(17-30-23)32-19-25(33(24(32)34)20-26(35)10-7-11-26)12-14-27(15-13-25,31(2)3)21-8-5-4-6-9-21/h4-6,8-9,16-18,35H,7,10-15,19-20H2,1-3H3/b28-18-/t25-,27+. The topological polar surface area (TPSA) is 85.2 Å². The van der Waals surface area contributed by atoms with Crippen molar-refractivity contribution >= 4 is 17.9 Å². The van der Waals surface area contributed by atoms with Crippen molar-refractivity contribution in [2.24, 2.45) is 4.99 Å². The number of rotatable bonds is 6. The van der Waals surface area contributed by atoms with Crippen LogP contribution < -0.4 is 4.90 Å². The molecule has 0 bridgehead atoms. The lowest BCUT2D eigenvalue weighted by atomic mass is 9.67. The maximum absolute atomic E-state index is 13.8. The van der Waals surface area contributed by atoms with Crippen molar-refractivity contribution in [3.05, 3.63) is 54.1 Å². The van der Waals surface area contributed by atoms with Gasteiger partial charge in [-0.2, -0.15) is 0 Å². The van der Waals surface area contributed by atoms with E-state index in [4.69, 9.17) is 0 Å². The van der Waals surface area contributed by atoms with Crippen molar-refractivity contribution < 1.29 is 9.90 Å². The third-order valence-electron chi connectivity index (χ3n) is 8.61. The largest absolute Gasteiger partial charge is 0.388 e. The van der Waals surface area contributed by atoms with Crippen molar-refractivity contribution in [3.8, 4) is 0 Å². The fourth-order valence-corrected chi connectivity index (χ4v) is 6.22. The third-order valence-corrected chi connectivity index (χ3v) is 8.61. The first-order valence-corrected chi connectivity index (χ1v) is 12.6. The van der Waals surface area contributed by atoms with Gasteiger partial charge in [-0.15, -0.1) is 0 Å². The van der Waals surface area contributed by atoms with Crippen LogP contribution in [0.1, 0.15) is 56.3 Å². The molecule has 3 aliphatic rings. The summed E-state index contributed by atoms with van der Waals surface area (Å²) < 4.78 is 0. The molecule has 2 aromatic rings. The number of anilines is 1. The zero-order chi connectivity index (χ0) is 24.7. The molecule has 0 atom stereocenters. The zero-order valence-corrected chi connectivity index (χ0v) is 21.0. The lowest BCUT2D eigenvalue weighted by molar-refractivity contribution is -0.0725. The lowest BCUT2D eigenvalue weighted by Crippen LogP contribution is -2.59. The number of β-amino-alcohol motifs (C(OH)–C–C–N with tert-alkyl or cyclic N) is 1. The average Bonchev–Trinajstić information content (AvgIpc) is 3.11. The Kier molecular flexibility index (Phi) is 6.13. The second-order valence-electron chi connectivity index (χ2n) is 10.7. The number of amides is 2. The predicted molar refractivity (Wildman–Crippen MR) is 137 cm³/mol. The first-order chi connectivity index (χ1) is 16.8. The minimum atomic E-state index is -0.772. The molecule has 1 aromatic carbocycles. The van der Waals surface area contributed by atoms with E-state index in [1.54, 1.807) is 30.6 Å². The van der Waals surface area contributed by atoms with Crippen LogP contribution in [0.5, 0.6) is 0 Å². The number of carbonyl (C=O) groups excluding carboxylic acids is 1. The van der Waals surface area contributed by atoms with Gasteiger partial charge in [0.2, 0.25) is 0 Å². The van der Waals surface area contributed by atoms with Crippen LogP contribution in [0.25, 0.3) is 0 Å². The predicted octanol–water partition coefficient (Wildman–Crippen LogP) is 3.45. The van der Waals surface area contributed by atoms with E-state index < -0.39 is 5.60 Å². The highest BCUT2D eigenvalue weighted by Gasteiger charge is 2.56. The normalized spacial score (nSPS) is 28.3. The number of hydrogen-bond donors (Lipinski definition) is 1. The van der Waals surface area contributed by atoms with Gasteiger partial charge in [-0.3, -0.25) is 14.8 Å². The van der Waals surface area contributed by atoms with Gasteiger partial charge >= 0.3 is 6.03 Å². The molecular formula is C27H36N6O2. The molecule has 8 nitrogen and oxygen atoms in total. The van der Waals surface area contributed by atoms with Gasteiger partial charge < -0.3 is 10.0 Å². The molecule has 1 spiro atoms. The number of benzene rings is 1. The molecule has 1 aliphatic heterocycles. The molecule has 0 unspecified atom stereocenters. The minimum absolute atomic E-state index is 0.0529. The number of nitrogens with zero attached hydrogens (tertiary/aromatic N) is 6. The molecule has 2 saturated carbocycles. The Bertz CT molecular complexity index is 1070. The zero-order valence-electron chi connectivity index (χ0n) is 21.0. The van der Waals surface area contributed by atoms with E-state index in [-0.39, 0.29) is 17.1 Å². The van der Waals surface area contributed by atoms with Crippen LogP contribution in [0.4, 0.5) is 10.5 Å². The lowest BCUT2D eigenvalue weighted by Gasteiger charge is -2.52. The smallest absolute Gasteiger partial charge is 0.325 e. The fourth-order valence-electron chi connectivity index (χ4n) is 6.22. The van der Waals surface area contributed by atoms with Crippen LogP contribution in [0, 0.1) is 0 Å². The number of aliphatic hydroxyl groups is 1. The van der Waals surface area contributed by atoms with Crippen LogP contribution in [-0.4, -0.2) is 82.5 Å². The molecule has 8 heteroatoms. The van der Waals surface area contributed by atoms with Crippen LogP contribution in [0.3, 0.4) is 0 Å². The highest BCUT2D eigenvalue weighted by molar-refractivity contribution is 5.95. The molecule has 5 rings (SSSR count). The Morgan fingerprint density at radius 3 is 2.26 bits per heavy atom. The summed E-state index contributed by atoms with van der Waals surface area (Å²) >= 11 is 0. The van der Waals surface area contributed by atoms with Crippen molar-refractivity contribution in [2.75, 3.05) is 39.1 Å². The molecule has 2 heterocycles. The monoisotopic (exact) mass is 476 g/mol. The van der Waals surface area contributed by atoms with E-state index in [0.717, 1.165) is 44.9 Å². The van der Waals surface area contributed by atoms with E-state index in [1.807, 2.05) is 4.90 Å². The van der Waals surface area contributed by atoms with E-state index in [9.17, 15) is 9.90 Å². The Labute approximate surface area is 207 Å². The third kappa shape index (κ3) is 4.12. The summed E-state index contributed by atoms with van der Waals surface area (Å²) in [5, 5.41) is 11.1. The highest BCUT2D eigenvalue weighted by atomic mass is 16.3. The van der Waals surface area contributed by atoms with Gasteiger partial charge in [-0.25, -0.2) is 14.8 Å². The summed E-state index contributed by atoms with van der Waals surface area (Å²) in [6.07, 6.45) is 11.2. The van der Waals surface area contributed by atoms with Gasteiger partial charge in [0.05, 0.1) is 48.5 Å². The van der Waals surface area contributed by atoms with E-state index in [2.05, 4.69) is 64.3 Å². The molecule has 1 aromatic heterocycles. The Hall–Kier alpha value is -2.84. The number of aromatic nitrogens is 2. The van der Waals surface area contributed by atoms with Gasteiger partial charge in [0.25, 0.3) is 0 Å². The van der Waals surface area contributed by atoms with Crippen LogP contribution in [-0.2, 0) is 5.54 Å². The summed E-state index contributed by atoms with van der Waals surface area (Å²) in [5.41, 5.74) is 0.864. The van der Waals surface area contributed by atoms with Crippen molar-refractivity contribution in [3.63, 3.8) is 0 Å². The van der Waals surface area contributed by atoms with Gasteiger partial charge in [0.15, 0.2) is 5.82 Å². The number of urea groups is 1. The Balaban J connectivity index is 1.45. The molecule has 0 radical (unpaired) electrons. The first kappa shape index (κ1) is 23.9. The fraction of sp³-hybridized carbons (Fsp3) is 0.556. The summed E-state index contributed by atoms with van der Waals surface area (Å²) in [6, 6.07) is 10.7. The molecule has 2 aliphatic carbocycles.